The van der Waals surface area contributed by atoms with Crippen molar-refractivity contribution in [3.63, 3.8) is 0 Å². The van der Waals surface area contributed by atoms with Crippen LogP contribution in [0.5, 0.6) is 0 Å². The normalized spacial score (nSPS) is 8.58. The van der Waals surface area contributed by atoms with Crippen molar-refractivity contribution in [3.05, 3.63) is 380 Å². The van der Waals surface area contributed by atoms with Gasteiger partial charge in [0.15, 0.2) is 0 Å². The maximum atomic E-state index is 4.58. The number of rotatable bonds is 5. The van der Waals surface area contributed by atoms with Crippen molar-refractivity contribution >= 4 is 33.1 Å². The van der Waals surface area contributed by atoms with E-state index in [-0.39, 0.29) is 5.41 Å². The van der Waals surface area contributed by atoms with E-state index in [2.05, 4.69) is 238 Å². The summed E-state index contributed by atoms with van der Waals surface area (Å²) in [4.78, 5) is 19.0. The van der Waals surface area contributed by atoms with Gasteiger partial charge in [-0.1, -0.05) is 382 Å². The average molecular weight is 1380 g/mol. The molecule has 0 fully saturated rings. The molecule has 8 heteroatoms. The van der Waals surface area contributed by atoms with Gasteiger partial charge in [0, 0.05) is 53.9 Å². The molecule has 0 aliphatic heterocycles. The summed E-state index contributed by atoms with van der Waals surface area (Å²) >= 11 is 1.71. The zero-order valence-electron chi connectivity index (χ0n) is 65.6. The summed E-state index contributed by atoms with van der Waals surface area (Å²) in [5.74, 6) is 0.484. The molecule has 0 unspecified atom stereocenters. The minimum absolute atomic E-state index is 0.0858. The molecular formula is C93H126N6OS. The van der Waals surface area contributed by atoms with Crippen LogP contribution in [0, 0.1) is 0 Å². The number of para-hydroxylation sites is 2. The van der Waals surface area contributed by atoms with Gasteiger partial charge in [0.1, 0.15) is 19.0 Å². The van der Waals surface area contributed by atoms with E-state index in [9.17, 15) is 0 Å². The first-order chi connectivity index (χ1) is 49.9. The quantitative estimate of drug-likeness (QED) is 0.160. The smallest absolute Gasteiger partial charge is 0.119 e. The lowest BCUT2D eigenvalue weighted by Gasteiger charge is -2.25. The Morgan fingerprint density at radius 3 is 0.871 bits per heavy atom. The largest absolute Gasteiger partial charge is 0.473 e. The van der Waals surface area contributed by atoms with Crippen LogP contribution in [0.1, 0.15) is 174 Å². The summed E-state index contributed by atoms with van der Waals surface area (Å²) in [6, 6.07) is 99.2. The number of pyridine rings is 2. The molecule has 14 aromatic rings. The number of fused-ring (bicyclic) bond motifs is 2. The molecule has 6 aromatic heterocycles. The lowest BCUT2D eigenvalue weighted by Crippen LogP contribution is -2.18. The van der Waals surface area contributed by atoms with Crippen molar-refractivity contribution in [2.45, 2.75) is 157 Å². The highest BCUT2D eigenvalue weighted by molar-refractivity contribution is 7.07. The van der Waals surface area contributed by atoms with Crippen LogP contribution in [-0.2, 0) is 12.5 Å². The Bertz CT molecular complexity index is 3330. The molecule has 8 aromatic carbocycles. The van der Waals surface area contributed by atoms with Gasteiger partial charge in [0.05, 0.1) is 23.6 Å². The number of nitrogens with zero attached hydrogens (tertiary/aromatic N) is 6. The van der Waals surface area contributed by atoms with Crippen LogP contribution in [0.15, 0.2) is 363 Å². The maximum absolute atomic E-state index is 4.58. The van der Waals surface area contributed by atoms with Gasteiger partial charge < -0.3 is 8.98 Å². The molecule has 0 saturated carbocycles. The van der Waals surface area contributed by atoms with E-state index in [1.54, 1.807) is 36.3 Å². The van der Waals surface area contributed by atoms with Crippen molar-refractivity contribution < 1.29 is 4.42 Å². The molecule has 0 N–H and O–H groups in total. The molecule has 0 amide bonds. The van der Waals surface area contributed by atoms with Crippen LogP contribution >= 0.6 is 11.3 Å². The summed E-state index contributed by atoms with van der Waals surface area (Å²) < 4.78 is 6.58. The lowest BCUT2D eigenvalue weighted by molar-refractivity contribution is 0.567. The second kappa shape index (κ2) is 74.1. The molecule has 101 heavy (non-hydrogen) atoms. The zero-order valence-corrected chi connectivity index (χ0v) is 66.5. The Morgan fingerprint density at radius 2 is 0.624 bits per heavy atom. The molecule has 0 radical (unpaired) electrons. The predicted octanol–water partition coefficient (Wildman–Crippen LogP) is 28.8. The van der Waals surface area contributed by atoms with Gasteiger partial charge in [-0.3, -0.25) is 4.98 Å². The van der Waals surface area contributed by atoms with Crippen LogP contribution in [0.4, 0.5) is 0 Å². The first-order valence-electron chi connectivity index (χ1n) is 36.4. The molecule has 0 bridgehead atoms. The van der Waals surface area contributed by atoms with Gasteiger partial charge in [-0.25, -0.2) is 19.9 Å². The standard InChI is InChI=1S/C15H16.C14H14.C13H9N.C12H10.C5H7N.C5H5N.C4H4O.C4H4S.C3H3N3.9C2H6/c1-15(2,13-9-5-3-6-10-13)14-11-7-4-8-12-14;1-12(13-8-4-2-5-9-13)14-10-6-3-7-11-14;1-3-7-12-10(5-1)9-11-6-2-4-8-13(11)14-12;1-3-7-11(8-4-1)12-9-5-2-6-10-12;1-6-4-2-3-5-6;1-2-4-6-5-3-1;2*1-2-4-5-3-1;1-4-2-6-3-5-1;9*1-2/h3-12H,1-2H3;2-12H,1H3;1-9H;1-10H;2-5H,1H3;1-5H;2*1-4H;1-3H;9*1-2H3. The van der Waals surface area contributed by atoms with E-state index in [0.29, 0.717) is 5.92 Å². The van der Waals surface area contributed by atoms with Gasteiger partial charge in [-0.2, -0.15) is 11.3 Å². The molecule has 14 rings (SSSR count). The number of hydrogen-bond acceptors (Lipinski definition) is 7. The first kappa shape index (κ1) is 97.2. The average Bonchev–Trinajstić information content (AvgIpc) is 1.37. The van der Waals surface area contributed by atoms with Crippen LogP contribution in [0.3, 0.4) is 0 Å². The Balaban J connectivity index is -0.000000520. The maximum Gasteiger partial charge on any atom is 0.119 e. The molecule has 0 saturated heterocycles. The van der Waals surface area contributed by atoms with Gasteiger partial charge in [-0.15, -0.1) is 0 Å². The van der Waals surface area contributed by atoms with Crippen molar-refractivity contribution in [3.8, 4) is 11.1 Å². The number of thiophene rings is 1. The molecule has 0 atom stereocenters. The van der Waals surface area contributed by atoms with Gasteiger partial charge in [0.25, 0.3) is 0 Å². The highest BCUT2D eigenvalue weighted by atomic mass is 32.1. The van der Waals surface area contributed by atoms with Gasteiger partial charge in [-0.05, 0) is 98.7 Å². The Morgan fingerprint density at radius 1 is 0.327 bits per heavy atom. The van der Waals surface area contributed by atoms with E-state index in [4.69, 9.17) is 0 Å². The molecule has 0 aliphatic rings. The third kappa shape index (κ3) is 47.5. The SMILES string of the molecule is CC.CC.CC.CC.CC.CC.CC.CC.CC.CC(C)(c1ccccc1)c1ccccc1.CC(c1ccccc1)c1ccccc1.Cn1cccc1.c1ccc(-c2ccccc2)cc1.c1ccc2nc3ccccc3cc2c1.c1ccncc1.c1ccoc1.c1ccsc1.c1ncncn1. The van der Waals surface area contributed by atoms with Crippen LogP contribution in [-0.4, -0.2) is 29.5 Å². The number of benzene rings is 8. The van der Waals surface area contributed by atoms with Crippen molar-refractivity contribution in [2.75, 3.05) is 0 Å². The van der Waals surface area contributed by atoms with E-state index in [1.807, 2.05) is 263 Å². The summed E-state index contributed by atoms with van der Waals surface area (Å²) in [5, 5.41) is 6.48. The summed E-state index contributed by atoms with van der Waals surface area (Å²) in [6.07, 6.45) is 15.1. The third-order valence-electron chi connectivity index (χ3n) is 12.5. The lowest BCUT2D eigenvalue weighted by atomic mass is 9.78. The molecular weight excluding hydrogens is 1250 g/mol. The monoisotopic (exact) mass is 1370 g/mol. The minimum Gasteiger partial charge on any atom is -0.473 e. The first-order valence-corrected chi connectivity index (χ1v) is 37.3. The molecule has 540 valence electrons. The predicted molar refractivity (Wildman–Crippen MR) is 451 cm³/mol. The summed E-state index contributed by atoms with van der Waals surface area (Å²) in [5.41, 5.74) is 10.2. The van der Waals surface area contributed by atoms with Crippen LogP contribution < -0.4 is 0 Å². The Hall–Kier alpha value is -10.2. The fourth-order valence-corrected chi connectivity index (χ4v) is 8.38. The van der Waals surface area contributed by atoms with E-state index in [0.717, 1.165) is 11.0 Å². The van der Waals surface area contributed by atoms with Gasteiger partial charge >= 0.3 is 0 Å². The van der Waals surface area contributed by atoms with E-state index < -0.39 is 0 Å². The van der Waals surface area contributed by atoms with Crippen LogP contribution in [0.25, 0.3) is 32.9 Å². The topological polar surface area (TPSA) is 82.5 Å². The second-order valence-corrected chi connectivity index (χ2v) is 19.6. The van der Waals surface area contributed by atoms with E-state index in [1.165, 1.54) is 63.1 Å². The highest BCUT2D eigenvalue weighted by Crippen LogP contribution is 2.31. The van der Waals surface area contributed by atoms with Crippen molar-refractivity contribution in [1.29, 1.82) is 0 Å². The van der Waals surface area contributed by atoms with Crippen LogP contribution in [0.2, 0.25) is 0 Å². The number of aromatic nitrogens is 6. The number of furan rings is 1. The Kier molecular flexibility index (Phi) is 71.3. The summed E-state index contributed by atoms with van der Waals surface area (Å²) in [7, 11) is 2.00. The summed E-state index contributed by atoms with van der Waals surface area (Å²) in [6.45, 7) is 42.8. The van der Waals surface area contributed by atoms with Crippen molar-refractivity contribution in [2.24, 2.45) is 7.05 Å². The zero-order chi connectivity index (χ0) is 76.1. The Labute approximate surface area is 618 Å². The molecule has 0 aliphatic carbocycles. The molecule has 7 nitrogen and oxygen atoms in total. The fraction of sp³-hybridized carbons (Fsp3) is 0.258. The van der Waals surface area contributed by atoms with Gasteiger partial charge in [0.2, 0.25) is 0 Å². The molecule has 0 spiro atoms. The third-order valence-corrected chi connectivity index (χ3v) is 13.1. The number of aryl methyl sites for hydroxylation is 1. The minimum atomic E-state index is 0.0858. The number of hydrogen-bond donors (Lipinski definition) is 0. The van der Waals surface area contributed by atoms with Crippen molar-refractivity contribution in [1.82, 2.24) is 29.5 Å². The second-order valence-electron chi connectivity index (χ2n) is 18.8. The fourth-order valence-electron chi connectivity index (χ4n) is 7.93. The van der Waals surface area contributed by atoms with E-state index >= 15 is 0 Å². The molecule has 6 heterocycles. The highest BCUT2D eigenvalue weighted by Gasteiger charge is 2.22.